The van der Waals surface area contributed by atoms with Crippen molar-refractivity contribution in [1.29, 1.82) is 0 Å². The van der Waals surface area contributed by atoms with Crippen molar-refractivity contribution in [2.24, 2.45) is 0 Å². The van der Waals surface area contributed by atoms with Gasteiger partial charge in [0.1, 0.15) is 13.2 Å². The molecule has 4 nitrogen and oxygen atoms in total. The second-order valence-electron chi connectivity index (χ2n) is 6.66. The fourth-order valence-corrected chi connectivity index (χ4v) is 6.39. The first-order chi connectivity index (χ1) is 13.7. The van der Waals surface area contributed by atoms with E-state index in [1.807, 2.05) is 47.8 Å². The smallest absolute Gasteiger partial charge is 0.251 e. The highest BCUT2D eigenvalue weighted by Crippen LogP contribution is 2.43. The molecule has 148 valence electrons. The second-order valence-corrected chi connectivity index (χ2v) is 9.79. The summed E-state index contributed by atoms with van der Waals surface area (Å²) in [5, 5.41) is 3.53. The van der Waals surface area contributed by atoms with Crippen LogP contribution in [0.5, 0.6) is 11.5 Å². The highest BCUT2D eigenvalue weighted by atomic mass is 35.5. The maximum absolute atomic E-state index is 12.4. The Labute approximate surface area is 178 Å². The van der Waals surface area contributed by atoms with Crippen LogP contribution in [0.4, 0.5) is 0 Å². The predicted molar refractivity (Wildman–Crippen MR) is 117 cm³/mol. The van der Waals surface area contributed by atoms with Gasteiger partial charge < -0.3 is 14.8 Å². The van der Waals surface area contributed by atoms with E-state index in [1.54, 1.807) is 0 Å². The van der Waals surface area contributed by atoms with Crippen LogP contribution in [0.2, 0.25) is 5.02 Å². The SMILES string of the molecule is O=C(NCCc1cc(Cl)c2c(c1)OCCO2)c1ccc(C2SCCCS2)cc1. The zero-order valence-electron chi connectivity index (χ0n) is 15.4. The van der Waals surface area contributed by atoms with E-state index in [1.165, 1.54) is 23.5 Å². The lowest BCUT2D eigenvalue weighted by Crippen LogP contribution is -2.25. The number of benzene rings is 2. The predicted octanol–water partition coefficient (Wildman–Crippen LogP) is 4.95. The van der Waals surface area contributed by atoms with Gasteiger partial charge >= 0.3 is 0 Å². The Bertz CT molecular complexity index is 838. The molecular formula is C21H22ClNO3S2. The van der Waals surface area contributed by atoms with Gasteiger partial charge in [-0.1, -0.05) is 23.7 Å². The lowest BCUT2D eigenvalue weighted by molar-refractivity contribution is 0.0954. The van der Waals surface area contributed by atoms with E-state index < -0.39 is 0 Å². The maximum Gasteiger partial charge on any atom is 0.251 e. The summed E-state index contributed by atoms with van der Waals surface area (Å²) >= 11 is 10.2. The topological polar surface area (TPSA) is 47.6 Å². The molecule has 1 fully saturated rings. The second kappa shape index (κ2) is 9.33. The number of rotatable bonds is 5. The van der Waals surface area contributed by atoms with E-state index in [0.717, 1.165) is 5.56 Å². The van der Waals surface area contributed by atoms with Crippen molar-refractivity contribution < 1.29 is 14.3 Å². The summed E-state index contributed by atoms with van der Waals surface area (Å²) in [6, 6.07) is 11.8. The molecule has 2 aromatic carbocycles. The molecule has 0 aliphatic carbocycles. The minimum absolute atomic E-state index is 0.0564. The highest BCUT2D eigenvalue weighted by molar-refractivity contribution is 8.16. The molecule has 0 unspecified atom stereocenters. The van der Waals surface area contributed by atoms with E-state index in [9.17, 15) is 4.79 Å². The molecule has 7 heteroatoms. The largest absolute Gasteiger partial charge is 0.486 e. The van der Waals surface area contributed by atoms with Crippen LogP contribution in [0.1, 0.15) is 32.5 Å². The third-order valence-corrected chi connectivity index (χ3v) is 7.92. The molecule has 2 aliphatic heterocycles. The Balaban J connectivity index is 1.31. The monoisotopic (exact) mass is 435 g/mol. The molecule has 2 heterocycles. The van der Waals surface area contributed by atoms with Crippen LogP contribution in [0, 0.1) is 0 Å². The van der Waals surface area contributed by atoms with Crippen molar-refractivity contribution in [3.63, 3.8) is 0 Å². The zero-order valence-corrected chi connectivity index (χ0v) is 17.8. The molecule has 1 amide bonds. The fraction of sp³-hybridized carbons (Fsp3) is 0.381. The molecular weight excluding hydrogens is 414 g/mol. The van der Waals surface area contributed by atoms with E-state index in [2.05, 4.69) is 17.4 Å². The molecule has 0 spiro atoms. The quantitative estimate of drug-likeness (QED) is 0.719. The van der Waals surface area contributed by atoms with Gasteiger partial charge in [0.2, 0.25) is 0 Å². The normalized spacial score (nSPS) is 16.6. The molecule has 2 aliphatic rings. The average Bonchev–Trinajstić information content (AvgIpc) is 2.74. The molecule has 0 aromatic heterocycles. The third-order valence-electron chi connectivity index (χ3n) is 4.63. The Morgan fingerprint density at radius 2 is 1.86 bits per heavy atom. The number of halogens is 1. The molecule has 0 saturated carbocycles. The summed E-state index contributed by atoms with van der Waals surface area (Å²) < 4.78 is 11.6. The summed E-state index contributed by atoms with van der Waals surface area (Å²) in [5.41, 5.74) is 2.99. The molecule has 1 saturated heterocycles. The zero-order chi connectivity index (χ0) is 19.3. The summed E-state index contributed by atoms with van der Waals surface area (Å²) in [7, 11) is 0. The van der Waals surface area contributed by atoms with Crippen LogP contribution >= 0.6 is 35.1 Å². The van der Waals surface area contributed by atoms with Gasteiger partial charge in [-0.25, -0.2) is 0 Å². The molecule has 28 heavy (non-hydrogen) atoms. The summed E-state index contributed by atoms with van der Waals surface area (Å²) in [4.78, 5) is 12.4. The Morgan fingerprint density at radius 1 is 1.11 bits per heavy atom. The van der Waals surface area contributed by atoms with Crippen LogP contribution in [0.3, 0.4) is 0 Å². The number of fused-ring (bicyclic) bond motifs is 1. The van der Waals surface area contributed by atoms with E-state index in [0.29, 0.717) is 52.8 Å². The molecule has 0 bridgehead atoms. The van der Waals surface area contributed by atoms with Gasteiger partial charge in [0.15, 0.2) is 11.5 Å². The maximum atomic E-state index is 12.4. The van der Waals surface area contributed by atoms with Gasteiger partial charge in [-0.15, -0.1) is 23.5 Å². The Morgan fingerprint density at radius 3 is 2.64 bits per heavy atom. The number of hydrogen-bond donors (Lipinski definition) is 1. The number of carbonyl (C=O) groups excluding carboxylic acids is 1. The standard InChI is InChI=1S/C21H22ClNO3S2/c22-17-12-14(13-18-19(17)26-9-8-25-18)6-7-23-20(24)15-2-4-16(5-3-15)21-27-10-1-11-28-21/h2-5,12-13,21H,1,6-11H2,(H,23,24). The van der Waals surface area contributed by atoms with Crippen LogP contribution in [-0.2, 0) is 6.42 Å². The Kier molecular flexibility index (Phi) is 6.60. The summed E-state index contributed by atoms with van der Waals surface area (Å²) in [6.07, 6.45) is 1.95. The van der Waals surface area contributed by atoms with Gasteiger partial charge in [0, 0.05) is 12.1 Å². The van der Waals surface area contributed by atoms with Gasteiger partial charge in [0.05, 0.1) is 9.60 Å². The van der Waals surface area contributed by atoms with Gasteiger partial charge in [-0.2, -0.15) is 0 Å². The van der Waals surface area contributed by atoms with Crippen LogP contribution in [-0.4, -0.2) is 37.2 Å². The number of amides is 1. The lowest BCUT2D eigenvalue weighted by atomic mass is 10.1. The van der Waals surface area contributed by atoms with Crippen LogP contribution in [0.15, 0.2) is 36.4 Å². The van der Waals surface area contributed by atoms with Crippen molar-refractivity contribution in [2.45, 2.75) is 17.4 Å². The van der Waals surface area contributed by atoms with E-state index in [-0.39, 0.29) is 5.91 Å². The number of ether oxygens (including phenoxy) is 2. The third kappa shape index (κ3) is 4.73. The van der Waals surface area contributed by atoms with Crippen molar-refractivity contribution in [3.8, 4) is 11.5 Å². The van der Waals surface area contributed by atoms with Crippen molar-refractivity contribution in [3.05, 3.63) is 58.1 Å². The van der Waals surface area contributed by atoms with Gasteiger partial charge in [0.25, 0.3) is 5.91 Å². The first-order valence-electron chi connectivity index (χ1n) is 9.40. The summed E-state index contributed by atoms with van der Waals surface area (Å²) in [6.45, 7) is 1.57. The number of hydrogen-bond acceptors (Lipinski definition) is 5. The lowest BCUT2D eigenvalue weighted by Gasteiger charge is -2.21. The summed E-state index contributed by atoms with van der Waals surface area (Å²) in [5.74, 6) is 3.65. The minimum Gasteiger partial charge on any atom is -0.486 e. The van der Waals surface area contributed by atoms with Crippen LogP contribution in [0.25, 0.3) is 0 Å². The van der Waals surface area contributed by atoms with Gasteiger partial charge in [-0.3, -0.25) is 4.79 Å². The molecule has 0 radical (unpaired) electrons. The molecule has 4 rings (SSSR count). The van der Waals surface area contributed by atoms with E-state index >= 15 is 0 Å². The minimum atomic E-state index is -0.0564. The van der Waals surface area contributed by atoms with Crippen molar-refractivity contribution in [1.82, 2.24) is 5.32 Å². The van der Waals surface area contributed by atoms with E-state index in [4.69, 9.17) is 21.1 Å². The molecule has 2 aromatic rings. The Hall–Kier alpha value is -1.50. The molecule has 0 atom stereocenters. The fourth-order valence-electron chi connectivity index (χ4n) is 3.20. The number of thioether (sulfide) groups is 2. The first kappa shape index (κ1) is 19.8. The number of carbonyl (C=O) groups is 1. The average molecular weight is 436 g/mol. The molecule has 1 N–H and O–H groups in total. The number of nitrogens with one attached hydrogen (secondary N) is 1. The van der Waals surface area contributed by atoms with Crippen molar-refractivity contribution >= 4 is 41.0 Å². The van der Waals surface area contributed by atoms with Crippen molar-refractivity contribution in [2.75, 3.05) is 31.3 Å². The highest BCUT2D eigenvalue weighted by Gasteiger charge is 2.18. The first-order valence-corrected chi connectivity index (χ1v) is 11.9. The van der Waals surface area contributed by atoms with Gasteiger partial charge in [-0.05, 0) is 59.7 Å². The van der Waals surface area contributed by atoms with Crippen LogP contribution < -0.4 is 14.8 Å².